The van der Waals surface area contributed by atoms with Gasteiger partial charge >= 0.3 is 6.61 Å². The van der Waals surface area contributed by atoms with Gasteiger partial charge in [-0.2, -0.15) is 13.1 Å². The zero-order chi connectivity index (χ0) is 24.0. The number of sulfonamides is 1. The first-order valence-corrected chi connectivity index (χ1v) is 12.3. The molecule has 0 amide bonds. The van der Waals surface area contributed by atoms with Gasteiger partial charge in [-0.05, 0) is 42.5 Å². The molecule has 0 radical (unpaired) electrons. The first-order chi connectivity index (χ1) is 15.7. The minimum absolute atomic E-state index is 0.0208. The van der Waals surface area contributed by atoms with Crippen LogP contribution in [-0.4, -0.2) is 54.2 Å². The second kappa shape index (κ2) is 10.9. The maximum atomic E-state index is 12.7. The third-order valence-electron chi connectivity index (χ3n) is 4.56. The molecule has 2 aromatic carbocycles. The molecule has 3 rings (SSSR count). The van der Waals surface area contributed by atoms with Crippen LogP contribution in [0.2, 0.25) is 0 Å². The molecule has 0 spiro atoms. The minimum Gasteiger partial charge on any atom is -0.435 e. The van der Waals surface area contributed by atoms with Gasteiger partial charge in [0, 0.05) is 24.2 Å². The summed E-state index contributed by atoms with van der Waals surface area (Å²) in [6.07, 6.45) is 0. The summed E-state index contributed by atoms with van der Waals surface area (Å²) in [6.45, 7) is 1.28. The summed E-state index contributed by atoms with van der Waals surface area (Å²) in [5, 5.41) is 7.97. The largest absolute Gasteiger partial charge is 0.435 e. The summed E-state index contributed by atoms with van der Waals surface area (Å²) in [4.78, 5) is 12.4. The standard InChI is InChI=1S/C21H21F2N3O5S2/c1-3-26(4-2)33(28,29)17-7-5-6-15(12-17)19-24-25-21(31-19)32-13-18(27)14-8-10-16(11-9-14)30-20(22)23/h5-12,20H,3-4,13H2,1-2H3. The number of hydrogen-bond acceptors (Lipinski definition) is 8. The first kappa shape index (κ1) is 24.8. The summed E-state index contributed by atoms with van der Waals surface area (Å²) in [5.41, 5.74) is 0.752. The highest BCUT2D eigenvalue weighted by atomic mass is 32.2. The van der Waals surface area contributed by atoms with Gasteiger partial charge in [0.2, 0.25) is 15.9 Å². The third-order valence-corrected chi connectivity index (χ3v) is 7.42. The fraction of sp³-hybridized carbons (Fsp3) is 0.286. The lowest BCUT2D eigenvalue weighted by atomic mass is 10.1. The van der Waals surface area contributed by atoms with E-state index in [1.807, 2.05) is 0 Å². The quantitative estimate of drug-likeness (QED) is 0.285. The molecule has 0 unspecified atom stereocenters. The van der Waals surface area contributed by atoms with Gasteiger partial charge in [0.05, 0.1) is 10.6 Å². The number of carbonyl (C=O) groups excluding carboxylic acids is 1. The van der Waals surface area contributed by atoms with Crippen molar-refractivity contribution in [1.29, 1.82) is 0 Å². The van der Waals surface area contributed by atoms with Gasteiger partial charge in [-0.3, -0.25) is 4.79 Å². The monoisotopic (exact) mass is 497 g/mol. The number of thioether (sulfide) groups is 1. The van der Waals surface area contributed by atoms with Crippen molar-refractivity contribution >= 4 is 27.6 Å². The normalized spacial score (nSPS) is 11.8. The van der Waals surface area contributed by atoms with Gasteiger partial charge < -0.3 is 9.15 Å². The second-order valence-corrected chi connectivity index (χ2v) is 9.47. The van der Waals surface area contributed by atoms with Crippen LogP contribution in [-0.2, 0) is 10.0 Å². The maximum absolute atomic E-state index is 12.7. The van der Waals surface area contributed by atoms with Crippen molar-refractivity contribution < 1.29 is 31.1 Å². The Labute approximate surface area is 194 Å². The predicted octanol–water partition coefficient (Wildman–Crippen LogP) is 4.34. The highest BCUT2D eigenvalue weighted by Gasteiger charge is 2.22. The Morgan fingerprint density at radius 1 is 1.12 bits per heavy atom. The van der Waals surface area contributed by atoms with Gasteiger partial charge in [0.25, 0.3) is 5.22 Å². The molecule has 0 bridgehead atoms. The Kier molecular flexibility index (Phi) is 8.16. The van der Waals surface area contributed by atoms with Crippen LogP contribution in [0.1, 0.15) is 24.2 Å². The summed E-state index contributed by atoms with van der Waals surface area (Å²) < 4.78 is 61.1. The molecule has 0 fully saturated rings. The molecule has 0 aliphatic rings. The Morgan fingerprint density at radius 3 is 2.45 bits per heavy atom. The van der Waals surface area contributed by atoms with Gasteiger partial charge in [0.1, 0.15) is 5.75 Å². The smallest absolute Gasteiger partial charge is 0.387 e. The summed E-state index contributed by atoms with van der Waals surface area (Å²) in [6, 6.07) is 11.6. The second-order valence-electron chi connectivity index (χ2n) is 6.61. The fourth-order valence-corrected chi connectivity index (χ4v) is 5.08. The van der Waals surface area contributed by atoms with Crippen molar-refractivity contribution in [2.75, 3.05) is 18.8 Å². The Balaban J connectivity index is 1.67. The van der Waals surface area contributed by atoms with Gasteiger partial charge in [0.15, 0.2) is 5.78 Å². The van der Waals surface area contributed by atoms with E-state index in [0.29, 0.717) is 24.2 Å². The number of nitrogens with zero attached hydrogens (tertiary/aromatic N) is 3. The molecule has 0 saturated heterocycles. The molecule has 0 aliphatic heterocycles. The van der Waals surface area contributed by atoms with Crippen LogP contribution in [0.5, 0.6) is 5.75 Å². The van der Waals surface area contributed by atoms with E-state index >= 15 is 0 Å². The molecule has 0 N–H and O–H groups in total. The SMILES string of the molecule is CCN(CC)S(=O)(=O)c1cccc(-c2nnc(SCC(=O)c3ccc(OC(F)F)cc3)o2)c1. The number of halogens is 2. The number of ketones is 1. The van der Waals surface area contributed by atoms with Crippen LogP contribution in [0.3, 0.4) is 0 Å². The van der Waals surface area contributed by atoms with E-state index in [-0.39, 0.29) is 33.3 Å². The van der Waals surface area contributed by atoms with Crippen LogP contribution in [0.4, 0.5) is 8.78 Å². The number of rotatable bonds is 11. The summed E-state index contributed by atoms with van der Waals surface area (Å²) >= 11 is 1.01. The van der Waals surface area contributed by atoms with E-state index in [1.54, 1.807) is 26.0 Å². The molecule has 0 atom stereocenters. The van der Waals surface area contributed by atoms with Crippen LogP contribution in [0, 0.1) is 0 Å². The molecule has 0 saturated carbocycles. The van der Waals surface area contributed by atoms with E-state index < -0.39 is 16.6 Å². The van der Waals surface area contributed by atoms with Crippen molar-refractivity contribution in [2.45, 2.75) is 30.6 Å². The number of benzene rings is 2. The average Bonchev–Trinajstić information content (AvgIpc) is 3.27. The number of alkyl halides is 2. The average molecular weight is 498 g/mol. The first-order valence-electron chi connectivity index (χ1n) is 9.89. The topological polar surface area (TPSA) is 103 Å². The molecule has 176 valence electrons. The summed E-state index contributed by atoms with van der Waals surface area (Å²) in [7, 11) is -3.64. The van der Waals surface area contributed by atoms with Crippen LogP contribution in [0.25, 0.3) is 11.5 Å². The predicted molar refractivity (Wildman–Crippen MR) is 118 cm³/mol. The molecular weight excluding hydrogens is 476 g/mol. The van der Waals surface area contributed by atoms with Crippen molar-refractivity contribution in [1.82, 2.24) is 14.5 Å². The Morgan fingerprint density at radius 2 is 1.82 bits per heavy atom. The van der Waals surface area contributed by atoms with Crippen molar-refractivity contribution in [3.63, 3.8) is 0 Å². The van der Waals surface area contributed by atoms with Crippen molar-refractivity contribution in [2.24, 2.45) is 0 Å². The van der Waals surface area contributed by atoms with E-state index in [9.17, 15) is 22.0 Å². The van der Waals surface area contributed by atoms with Crippen LogP contribution >= 0.6 is 11.8 Å². The number of carbonyl (C=O) groups is 1. The Bertz CT molecular complexity index is 1200. The van der Waals surface area contributed by atoms with E-state index in [1.165, 1.54) is 40.7 Å². The molecular formula is C21H21F2N3O5S2. The summed E-state index contributed by atoms with van der Waals surface area (Å²) in [5.74, 6) is -0.209. The number of aromatic nitrogens is 2. The molecule has 12 heteroatoms. The van der Waals surface area contributed by atoms with Gasteiger partial charge in [-0.15, -0.1) is 10.2 Å². The molecule has 3 aromatic rings. The highest BCUT2D eigenvalue weighted by Crippen LogP contribution is 2.27. The Hall–Kier alpha value is -2.83. The molecule has 1 aromatic heterocycles. The third kappa shape index (κ3) is 6.15. The molecule has 33 heavy (non-hydrogen) atoms. The van der Waals surface area contributed by atoms with Crippen molar-refractivity contribution in [3.8, 4) is 17.2 Å². The number of Topliss-reactive ketones (excluding diaryl/α,β-unsaturated/α-hetero) is 1. The lowest BCUT2D eigenvalue weighted by Gasteiger charge is -2.18. The van der Waals surface area contributed by atoms with Gasteiger partial charge in [-0.25, -0.2) is 8.42 Å². The van der Waals surface area contributed by atoms with E-state index in [2.05, 4.69) is 14.9 Å². The zero-order valence-corrected chi connectivity index (χ0v) is 19.4. The zero-order valence-electron chi connectivity index (χ0n) is 17.8. The van der Waals surface area contributed by atoms with E-state index in [0.717, 1.165) is 11.8 Å². The number of ether oxygens (including phenoxy) is 1. The number of hydrogen-bond donors (Lipinski definition) is 0. The molecule has 0 aliphatic carbocycles. The van der Waals surface area contributed by atoms with Crippen LogP contribution in [0.15, 0.2) is 63.1 Å². The molecule has 8 nitrogen and oxygen atoms in total. The highest BCUT2D eigenvalue weighted by molar-refractivity contribution is 7.99. The minimum atomic E-state index is -3.64. The van der Waals surface area contributed by atoms with Gasteiger partial charge in [-0.1, -0.05) is 31.7 Å². The van der Waals surface area contributed by atoms with E-state index in [4.69, 9.17) is 4.42 Å². The van der Waals surface area contributed by atoms with Crippen LogP contribution < -0.4 is 4.74 Å². The van der Waals surface area contributed by atoms with Crippen molar-refractivity contribution in [3.05, 3.63) is 54.1 Å². The lowest BCUT2D eigenvalue weighted by molar-refractivity contribution is -0.0498. The maximum Gasteiger partial charge on any atom is 0.387 e. The fourth-order valence-electron chi connectivity index (χ4n) is 2.92. The lowest BCUT2D eigenvalue weighted by Crippen LogP contribution is -2.30. The molecule has 1 heterocycles.